The third-order valence-electron chi connectivity index (χ3n) is 4.28. The molecule has 2 aromatic heterocycles. The van der Waals surface area contributed by atoms with Crippen LogP contribution in [0.2, 0.25) is 0 Å². The van der Waals surface area contributed by atoms with Crippen molar-refractivity contribution in [1.82, 2.24) is 29.7 Å². The summed E-state index contributed by atoms with van der Waals surface area (Å²) in [7, 11) is 0. The summed E-state index contributed by atoms with van der Waals surface area (Å²) in [6.07, 6.45) is 5.06. The van der Waals surface area contributed by atoms with Gasteiger partial charge in [-0.05, 0) is 25.6 Å². The van der Waals surface area contributed by atoms with Gasteiger partial charge in [-0.2, -0.15) is 10.1 Å². The van der Waals surface area contributed by atoms with Crippen molar-refractivity contribution in [2.75, 3.05) is 32.7 Å². The van der Waals surface area contributed by atoms with Gasteiger partial charge in [0.05, 0.1) is 19.2 Å². The summed E-state index contributed by atoms with van der Waals surface area (Å²) in [6.45, 7) is 7.86. The minimum absolute atomic E-state index is 0.402. The summed E-state index contributed by atoms with van der Waals surface area (Å²) in [5, 5.41) is 18.4. The van der Waals surface area contributed by atoms with Crippen molar-refractivity contribution in [3.8, 4) is 0 Å². The molecule has 2 aromatic rings. The minimum Gasteiger partial charge on any atom is -0.390 e. The topological polar surface area (TPSA) is 83.5 Å². The van der Waals surface area contributed by atoms with E-state index in [1.165, 1.54) is 0 Å². The predicted octanol–water partition coefficient (Wildman–Crippen LogP) is 0.397. The first-order chi connectivity index (χ1) is 11.7. The Hall–Kier alpha value is -1.77. The number of aromatic nitrogens is 4. The molecule has 3 heterocycles. The molecule has 1 aliphatic rings. The van der Waals surface area contributed by atoms with Crippen LogP contribution in [-0.4, -0.2) is 73.7 Å². The summed E-state index contributed by atoms with van der Waals surface area (Å²) in [4.78, 5) is 9.05. The normalized spacial score (nSPS) is 18.6. The summed E-state index contributed by atoms with van der Waals surface area (Å²) in [6, 6.07) is 1.87. The summed E-state index contributed by atoms with van der Waals surface area (Å²) in [5.41, 5.74) is 0. The lowest BCUT2D eigenvalue weighted by Gasteiger charge is -2.23. The molecule has 0 aliphatic carbocycles. The number of aliphatic hydroxyl groups is 1. The first kappa shape index (κ1) is 17.1. The fourth-order valence-electron chi connectivity index (χ4n) is 3.04. The van der Waals surface area contributed by atoms with E-state index in [-0.39, 0.29) is 0 Å². The lowest BCUT2D eigenvalue weighted by Crippen LogP contribution is -2.37. The Bertz CT molecular complexity index is 599. The summed E-state index contributed by atoms with van der Waals surface area (Å²) >= 11 is 0. The third-order valence-corrected chi connectivity index (χ3v) is 4.28. The van der Waals surface area contributed by atoms with Crippen LogP contribution in [0.25, 0.3) is 0 Å². The number of aryl methyl sites for hydroxylation is 1. The van der Waals surface area contributed by atoms with Gasteiger partial charge in [-0.1, -0.05) is 12.1 Å². The van der Waals surface area contributed by atoms with Crippen molar-refractivity contribution >= 4 is 0 Å². The van der Waals surface area contributed by atoms with Crippen LogP contribution in [0.3, 0.4) is 0 Å². The Kier molecular flexibility index (Phi) is 5.95. The SMILES string of the molecule is CCc1nc(CN2CCCN(C[C@H](O)Cn3cccn3)CC2)no1. The van der Waals surface area contributed by atoms with Gasteiger partial charge in [-0.3, -0.25) is 14.5 Å². The Morgan fingerprint density at radius 1 is 1.21 bits per heavy atom. The minimum atomic E-state index is -0.402. The molecule has 1 saturated heterocycles. The van der Waals surface area contributed by atoms with Crippen LogP contribution in [0.4, 0.5) is 0 Å². The number of nitrogens with zero attached hydrogens (tertiary/aromatic N) is 6. The van der Waals surface area contributed by atoms with Gasteiger partial charge in [0.25, 0.3) is 0 Å². The maximum absolute atomic E-state index is 10.2. The maximum Gasteiger partial charge on any atom is 0.226 e. The highest BCUT2D eigenvalue weighted by molar-refractivity contribution is 4.87. The average molecular weight is 334 g/mol. The molecule has 0 bridgehead atoms. The summed E-state index contributed by atoms with van der Waals surface area (Å²) < 4.78 is 6.94. The molecule has 24 heavy (non-hydrogen) atoms. The van der Waals surface area contributed by atoms with Gasteiger partial charge in [0.1, 0.15) is 0 Å². The Morgan fingerprint density at radius 3 is 2.79 bits per heavy atom. The number of hydrogen-bond acceptors (Lipinski definition) is 7. The van der Waals surface area contributed by atoms with Crippen LogP contribution >= 0.6 is 0 Å². The van der Waals surface area contributed by atoms with E-state index in [1.54, 1.807) is 10.9 Å². The van der Waals surface area contributed by atoms with E-state index < -0.39 is 6.10 Å². The highest BCUT2D eigenvalue weighted by Crippen LogP contribution is 2.08. The molecule has 0 spiro atoms. The van der Waals surface area contributed by atoms with Crippen LogP contribution in [0.1, 0.15) is 25.1 Å². The second-order valence-electron chi connectivity index (χ2n) is 6.27. The standard InChI is InChI=1S/C16H26N6O2/c1-2-16-18-15(19-24-16)13-21-7-4-6-20(9-10-21)11-14(23)12-22-8-3-5-17-22/h3,5,8,14,23H,2,4,6-7,9-13H2,1H3/t14-/m0/s1. The first-order valence-corrected chi connectivity index (χ1v) is 8.64. The zero-order chi connectivity index (χ0) is 16.8. The fourth-order valence-corrected chi connectivity index (χ4v) is 3.04. The highest BCUT2D eigenvalue weighted by Gasteiger charge is 2.19. The molecule has 8 nitrogen and oxygen atoms in total. The van der Waals surface area contributed by atoms with E-state index in [0.717, 1.165) is 51.4 Å². The molecule has 8 heteroatoms. The van der Waals surface area contributed by atoms with Crippen molar-refractivity contribution < 1.29 is 9.63 Å². The molecule has 1 aliphatic heterocycles. The molecule has 132 valence electrons. The molecule has 0 radical (unpaired) electrons. The lowest BCUT2D eigenvalue weighted by molar-refractivity contribution is 0.0961. The van der Waals surface area contributed by atoms with E-state index in [9.17, 15) is 5.11 Å². The highest BCUT2D eigenvalue weighted by atomic mass is 16.5. The molecule has 1 fully saturated rings. The van der Waals surface area contributed by atoms with E-state index in [2.05, 4.69) is 25.0 Å². The smallest absolute Gasteiger partial charge is 0.226 e. The van der Waals surface area contributed by atoms with Gasteiger partial charge in [0, 0.05) is 38.4 Å². The largest absolute Gasteiger partial charge is 0.390 e. The van der Waals surface area contributed by atoms with Crippen molar-refractivity contribution in [3.63, 3.8) is 0 Å². The van der Waals surface area contributed by atoms with Gasteiger partial charge in [0.15, 0.2) is 5.82 Å². The monoisotopic (exact) mass is 334 g/mol. The van der Waals surface area contributed by atoms with E-state index in [1.807, 2.05) is 19.2 Å². The predicted molar refractivity (Wildman–Crippen MR) is 88.2 cm³/mol. The van der Waals surface area contributed by atoms with Crippen molar-refractivity contribution in [2.24, 2.45) is 0 Å². The second kappa shape index (κ2) is 8.36. The van der Waals surface area contributed by atoms with E-state index in [4.69, 9.17) is 4.52 Å². The average Bonchev–Trinajstić information content (AvgIpc) is 3.18. The Labute approximate surface area is 142 Å². The van der Waals surface area contributed by atoms with Crippen molar-refractivity contribution in [1.29, 1.82) is 0 Å². The number of aliphatic hydroxyl groups excluding tert-OH is 1. The van der Waals surface area contributed by atoms with Gasteiger partial charge in [0.2, 0.25) is 5.89 Å². The number of hydrogen-bond donors (Lipinski definition) is 1. The van der Waals surface area contributed by atoms with Crippen LogP contribution in [-0.2, 0) is 19.5 Å². The van der Waals surface area contributed by atoms with Crippen molar-refractivity contribution in [2.45, 2.75) is 39.0 Å². The van der Waals surface area contributed by atoms with Gasteiger partial charge in [-0.25, -0.2) is 0 Å². The van der Waals surface area contributed by atoms with Gasteiger partial charge in [-0.15, -0.1) is 0 Å². The lowest BCUT2D eigenvalue weighted by atomic mass is 10.3. The molecule has 0 aromatic carbocycles. The Morgan fingerprint density at radius 2 is 2.04 bits per heavy atom. The Balaban J connectivity index is 1.44. The van der Waals surface area contributed by atoms with E-state index in [0.29, 0.717) is 19.0 Å². The zero-order valence-corrected chi connectivity index (χ0v) is 14.2. The second-order valence-corrected chi connectivity index (χ2v) is 6.27. The fraction of sp³-hybridized carbons (Fsp3) is 0.688. The van der Waals surface area contributed by atoms with Crippen LogP contribution in [0.5, 0.6) is 0 Å². The number of rotatable bonds is 7. The molecule has 0 amide bonds. The molecule has 3 rings (SSSR count). The number of β-amino-alcohol motifs (C(OH)–C–C–N with tert-alkyl or cyclic N) is 1. The molecular formula is C16H26N6O2. The zero-order valence-electron chi connectivity index (χ0n) is 14.2. The van der Waals surface area contributed by atoms with Crippen LogP contribution in [0.15, 0.2) is 23.0 Å². The molecule has 0 unspecified atom stereocenters. The van der Waals surface area contributed by atoms with E-state index >= 15 is 0 Å². The van der Waals surface area contributed by atoms with Crippen LogP contribution in [0, 0.1) is 0 Å². The molecule has 1 N–H and O–H groups in total. The van der Waals surface area contributed by atoms with Gasteiger partial charge < -0.3 is 9.63 Å². The molecule has 0 saturated carbocycles. The van der Waals surface area contributed by atoms with Crippen LogP contribution < -0.4 is 0 Å². The summed E-state index contributed by atoms with van der Waals surface area (Å²) in [5.74, 6) is 1.46. The van der Waals surface area contributed by atoms with Gasteiger partial charge >= 0.3 is 0 Å². The first-order valence-electron chi connectivity index (χ1n) is 8.64. The maximum atomic E-state index is 10.2. The quantitative estimate of drug-likeness (QED) is 0.784. The molecule has 1 atom stereocenters. The molecular weight excluding hydrogens is 308 g/mol. The van der Waals surface area contributed by atoms with Crippen molar-refractivity contribution in [3.05, 3.63) is 30.2 Å². The third kappa shape index (κ3) is 4.86.